The second-order valence-electron chi connectivity index (χ2n) is 3.02. The average Bonchev–Trinajstić information content (AvgIpc) is 2.58. The third kappa shape index (κ3) is 2.22. The molecule has 0 saturated carbocycles. The van der Waals surface area contributed by atoms with Gasteiger partial charge in [-0.3, -0.25) is 0 Å². The van der Waals surface area contributed by atoms with Gasteiger partial charge in [-0.15, -0.1) is 23.7 Å². The van der Waals surface area contributed by atoms with Gasteiger partial charge in [0, 0.05) is 10.9 Å². The summed E-state index contributed by atoms with van der Waals surface area (Å²) < 4.78 is 0. The third-order valence-corrected chi connectivity index (χ3v) is 3.18. The van der Waals surface area contributed by atoms with Crippen molar-refractivity contribution in [2.24, 2.45) is 0 Å². The zero-order chi connectivity index (χ0) is 7.52. The number of halogens is 1. The maximum Gasteiger partial charge on any atom is 0.0414 e. The molecule has 1 N–H and O–H groups in total. The van der Waals surface area contributed by atoms with Crippen molar-refractivity contribution in [3.05, 3.63) is 22.4 Å². The Morgan fingerprint density at radius 3 is 2.92 bits per heavy atom. The van der Waals surface area contributed by atoms with Gasteiger partial charge in [-0.05, 0) is 30.8 Å². The van der Waals surface area contributed by atoms with Crippen molar-refractivity contribution in [2.75, 3.05) is 6.54 Å². The molecule has 0 radical (unpaired) electrons. The summed E-state index contributed by atoms with van der Waals surface area (Å²) in [6, 6.07) is 5.02. The Hall–Kier alpha value is -0.0500. The smallest absolute Gasteiger partial charge is 0.0414 e. The number of rotatable bonds is 1. The Morgan fingerprint density at radius 2 is 2.33 bits per heavy atom. The Kier molecular flexibility index (Phi) is 4.06. The minimum Gasteiger partial charge on any atom is -0.309 e. The summed E-state index contributed by atoms with van der Waals surface area (Å²) in [6.45, 7) is 1.20. The topological polar surface area (TPSA) is 12.0 Å². The summed E-state index contributed by atoms with van der Waals surface area (Å²) >= 11 is 1.87. The fourth-order valence-corrected chi connectivity index (χ4v) is 2.42. The molecule has 2 rings (SSSR count). The van der Waals surface area contributed by atoms with Gasteiger partial charge in [0.15, 0.2) is 0 Å². The van der Waals surface area contributed by atoms with E-state index in [-0.39, 0.29) is 12.4 Å². The number of hydrogen-bond acceptors (Lipinski definition) is 2. The van der Waals surface area contributed by atoms with Crippen LogP contribution < -0.4 is 5.32 Å². The van der Waals surface area contributed by atoms with Crippen LogP contribution in [0.5, 0.6) is 0 Å². The van der Waals surface area contributed by atoms with E-state index in [1.54, 1.807) is 0 Å². The highest BCUT2D eigenvalue weighted by molar-refractivity contribution is 7.10. The Bertz CT molecular complexity index is 204. The van der Waals surface area contributed by atoms with E-state index in [4.69, 9.17) is 0 Å². The molecule has 0 unspecified atom stereocenters. The predicted molar refractivity (Wildman–Crippen MR) is 56.2 cm³/mol. The van der Waals surface area contributed by atoms with Crippen LogP contribution in [0.4, 0.5) is 0 Å². The fourth-order valence-electron chi connectivity index (χ4n) is 1.58. The van der Waals surface area contributed by atoms with E-state index in [1.165, 1.54) is 30.7 Å². The van der Waals surface area contributed by atoms with Crippen LogP contribution in [0.3, 0.4) is 0 Å². The lowest BCUT2D eigenvalue weighted by atomic mass is 10.0. The van der Waals surface area contributed by atoms with Crippen LogP contribution >= 0.6 is 23.7 Å². The third-order valence-electron chi connectivity index (χ3n) is 2.20. The van der Waals surface area contributed by atoms with E-state index in [0.717, 1.165) is 0 Å². The summed E-state index contributed by atoms with van der Waals surface area (Å²) in [5, 5.41) is 5.69. The zero-order valence-corrected chi connectivity index (χ0v) is 8.59. The summed E-state index contributed by atoms with van der Waals surface area (Å²) in [5.41, 5.74) is 0. The first kappa shape index (κ1) is 10.0. The second kappa shape index (κ2) is 4.85. The van der Waals surface area contributed by atoms with Gasteiger partial charge in [0.05, 0.1) is 0 Å². The van der Waals surface area contributed by atoms with Crippen LogP contribution in [-0.4, -0.2) is 6.54 Å². The molecule has 1 aromatic rings. The minimum atomic E-state index is 0. The maximum atomic E-state index is 3.53. The van der Waals surface area contributed by atoms with Crippen molar-refractivity contribution in [3.63, 3.8) is 0 Å². The zero-order valence-electron chi connectivity index (χ0n) is 6.95. The van der Waals surface area contributed by atoms with E-state index < -0.39 is 0 Å². The van der Waals surface area contributed by atoms with Crippen LogP contribution in [0.25, 0.3) is 0 Å². The van der Waals surface area contributed by atoms with Crippen LogP contribution in [0.1, 0.15) is 30.2 Å². The van der Waals surface area contributed by atoms with Crippen LogP contribution in [-0.2, 0) is 0 Å². The maximum absolute atomic E-state index is 3.53. The van der Waals surface area contributed by atoms with Gasteiger partial charge in [0.25, 0.3) is 0 Å². The summed E-state index contributed by atoms with van der Waals surface area (Å²) in [4.78, 5) is 1.50. The molecule has 12 heavy (non-hydrogen) atoms. The molecule has 3 heteroatoms. The van der Waals surface area contributed by atoms with Crippen LogP contribution in [0.15, 0.2) is 17.5 Å². The predicted octanol–water partition coefficient (Wildman–Crippen LogP) is 2.98. The molecule has 1 aliphatic rings. The molecule has 1 nitrogen and oxygen atoms in total. The molecule has 1 fully saturated rings. The van der Waals surface area contributed by atoms with Crippen molar-refractivity contribution in [1.82, 2.24) is 5.32 Å². The highest BCUT2D eigenvalue weighted by atomic mass is 35.5. The van der Waals surface area contributed by atoms with Gasteiger partial charge in [-0.1, -0.05) is 12.5 Å². The minimum absolute atomic E-state index is 0. The molecule has 2 heterocycles. The van der Waals surface area contributed by atoms with Gasteiger partial charge in [0.2, 0.25) is 0 Å². The normalized spacial score (nSPS) is 23.2. The first-order valence-corrected chi connectivity index (χ1v) is 5.11. The van der Waals surface area contributed by atoms with E-state index in [0.29, 0.717) is 6.04 Å². The summed E-state index contributed by atoms with van der Waals surface area (Å²) in [6.07, 6.45) is 4.05. The molecule has 68 valence electrons. The SMILES string of the molecule is Cl.c1csc([C@H]2CCCCN2)c1. The lowest BCUT2D eigenvalue weighted by molar-refractivity contribution is 0.417. The highest BCUT2D eigenvalue weighted by Crippen LogP contribution is 2.25. The molecule has 0 spiro atoms. The van der Waals surface area contributed by atoms with Crippen LogP contribution in [0, 0.1) is 0 Å². The van der Waals surface area contributed by atoms with Gasteiger partial charge in [0.1, 0.15) is 0 Å². The van der Waals surface area contributed by atoms with Crippen molar-refractivity contribution in [2.45, 2.75) is 25.3 Å². The van der Waals surface area contributed by atoms with E-state index in [9.17, 15) is 0 Å². The molecule has 1 atom stereocenters. The molecule has 1 aromatic heterocycles. The Morgan fingerprint density at radius 1 is 1.42 bits per heavy atom. The standard InChI is InChI=1S/C9H13NS.ClH/c1-2-6-10-8(4-1)9-5-3-7-11-9;/h3,5,7-8,10H,1-2,4,6H2;1H/t8-;/m1./s1. The van der Waals surface area contributed by atoms with E-state index in [2.05, 4.69) is 22.8 Å². The average molecular weight is 204 g/mol. The summed E-state index contributed by atoms with van der Waals surface area (Å²) in [5.74, 6) is 0. The highest BCUT2D eigenvalue weighted by Gasteiger charge is 2.14. The molecular formula is C9H14ClNS. The van der Waals surface area contributed by atoms with Gasteiger partial charge in [-0.25, -0.2) is 0 Å². The molecule has 0 aromatic carbocycles. The molecule has 1 saturated heterocycles. The fraction of sp³-hybridized carbons (Fsp3) is 0.556. The molecule has 0 bridgehead atoms. The Balaban J connectivity index is 0.000000720. The van der Waals surface area contributed by atoms with Crippen molar-refractivity contribution in [3.8, 4) is 0 Å². The molecule has 0 amide bonds. The number of hydrogen-bond donors (Lipinski definition) is 1. The van der Waals surface area contributed by atoms with Crippen molar-refractivity contribution < 1.29 is 0 Å². The molecular weight excluding hydrogens is 190 g/mol. The lowest BCUT2D eigenvalue weighted by Crippen LogP contribution is -2.25. The summed E-state index contributed by atoms with van der Waals surface area (Å²) in [7, 11) is 0. The van der Waals surface area contributed by atoms with Gasteiger partial charge < -0.3 is 5.32 Å². The second-order valence-corrected chi connectivity index (χ2v) is 4.00. The van der Waals surface area contributed by atoms with E-state index in [1.807, 2.05) is 11.3 Å². The van der Waals surface area contributed by atoms with Crippen LogP contribution in [0.2, 0.25) is 0 Å². The number of piperidine rings is 1. The number of nitrogens with one attached hydrogen (secondary N) is 1. The lowest BCUT2D eigenvalue weighted by Gasteiger charge is -2.21. The van der Waals surface area contributed by atoms with Crippen molar-refractivity contribution >= 4 is 23.7 Å². The molecule has 0 aliphatic carbocycles. The van der Waals surface area contributed by atoms with Gasteiger partial charge in [-0.2, -0.15) is 0 Å². The van der Waals surface area contributed by atoms with E-state index >= 15 is 0 Å². The Labute approximate surface area is 83.6 Å². The van der Waals surface area contributed by atoms with Crippen molar-refractivity contribution in [1.29, 1.82) is 0 Å². The monoisotopic (exact) mass is 203 g/mol. The van der Waals surface area contributed by atoms with Gasteiger partial charge >= 0.3 is 0 Å². The quantitative estimate of drug-likeness (QED) is 0.740. The first-order valence-electron chi connectivity index (χ1n) is 4.23. The molecule has 1 aliphatic heterocycles. The largest absolute Gasteiger partial charge is 0.309 e. The first-order chi connectivity index (χ1) is 5.47. The number of thiophene rings is 1.